The fourth-order valence-electron chi connectivity index (χ4n) is 3.37. The van der Waals surface area contributed by atoms with Crippen molar-refractivity contribution < 1.29 is 4.79 Å². The van der Waals surface area contributed by atoms with E-state index in [1.54, 1.807) is 17.0 Å². The lowest BCUT2D eigenvalue weighted by Crippen LogP contribution is -2.40. The maximum Gasteiger partial charge on any atom is 0.223 e. The molecule has 0 bridgehead atoms. The summed E-state index contributed by atoms with van der Waals surface area (Å²) in [5, 5.41) is 15.5. The van der Waals surface area contributed by atoms with Gasteiger partial charge in [0.05, 0.1) is 23.6 Å². The van der Waals surface area contributed by atoms with Gasteiger partial charge in [-0.15, -0.1) is 10.2 Å². The fourth-order valence-corrected chi connectivity index (χ4v) is 3.37. The van der Waals surface area contributed by atoms with Crippen molar-refractivity contribution in [2.75, 3.05) is 18.0 Å². The molecular formula is C18H21N7O. The molecule has 1 saturated heterocycles. The van der Waals surface area contributed by atoms with E-state index in [1.807, 2.05) is 31.2 Å². The lowest BCUT2D eigenvalue weighted by atomic mass is 9.95. The van der Waals surface area contributed by atoms with Crippen LogP contribution >= 0.6 is 0 Å². The number of piperidine rings is 1. The first-order valence-corrected chi connectivity index (χ1v) is 8.81. The van der Waals surface area contributed by atoms with Crippen LogP contribution in [0.5, 0.6) is 0 Å². The van der Waals surface area contributed by atoms with E-state index >= 15 is 0 Å². The third kappa shape index (κ3) is 3.35. The molecule has 3 aromatic heterocycles. The SMILES string of the molecule is Cc1cc(N2CCC(C(=O)NCc3ccccn3)CC2)c2nncn2n1. The average molecular weight is 351 g/mol. The van der Waals surface area contributed by atoms with Crippen LogP contribution in [0.2, 0.25) is 0 Å². The predicted octanol–water partition coefficient (Wildman–Crippen LogP) is 1.36. The number of hydrogen-bond acceptors (Lipinski definition) is 6. The van der Waals surface area contributed by atoms with Gasteiger partial charge in [0.25, 0.3) is 0 Å². The lowest BCUT2D eigenvalue weighted by Gasteiger charge is -2.33. The Morgan fingerprint density at radius 1 is 1.31 bits per heavy atom. The number of rotatable bonds is 4. The summed E-state index contributed by atoms with van der Waals surface area (Å²) >= 11 is 0. The highest BCUT2D eigenvalue weighted by molar-refractivity contribution is 5.79. The number of fused-ring (bicyclic) bond motifs is 1. The van der Waals surface area contributed by atoms with Crippen molar-refractivity contribution in [3.63, 3.8) is 0 Å². The third-order valence-corrected chi connectivity index (χ3v) is 4.75. The maximum absolute atomic E-state index is 12.4. The molecule has 0 atom stereocenters. The zero-order valence-electron chi connectivity index (χ0n) is 14.7. The van der Waals surface area contributed by atoms with E-state index in [1.165, 1.54) is 0 Å². The summed E-state index contributed by atoms with van der Waals surface area (Å²) in [6.07, 6.45) is 4.98. The van der Waals surface area contributed by atoms with Crippen molar-refractivity contribution in [1.82, 2.24) is 30.1 Å². The Morgan fingerprint density at radius 2 is 2.15 bits per heavy atom. The standard InChI is InChI=1S/C18H21N7O/c1-13-10-16(17-22-21-12-25(17)23-13)24-8-5-14(6-9-24)18(26)20-11-15-4-2-3-7-19-15/h2-4,7,10,12,14H,5-6,8-9,11H2,1H3,(H,20,26). The van der Waals surface area contributed by atoms with Crippen LogP contribution in [0, 0.1) is 12.8 Å². The zero-order chi connectivity index (χ0) is 17.9. The summed E-state index contributed by atoms with van der Waals surface area (Å²) in [5.41, 5.74) is 3.58. The smallest absolute Gasteiger partial charge is 0.223 e. The Hall–Kier alpha value is -3.03. The maximum atomic E-state index is 12.4. The molecule has 26 heavy (non-hydrogen) atoms. The number of carbonyl (C=O) groups excluding carboxylic acids is 1. The Labute approximate surface area is 151 Å². The molecule has 1 amide bonds. The third-order valence-electron chi connectivity index (χ3n) is 4.75. The molecule has 0 radical (unpaired) electrons. The minimum absolute atomic E-state index is 0.0341. The zero-order valence-corrected chi connectivity index (χ0v) is 14.7. The van der Waals surface area contributed by atoms with Crippen LogP contribution in [-0.2, 0) is 11.3 Å². The van der Waals surface area contributed by atoms with Crippen LogP contribution in [0.15, 0.2) is 36.8 Å². The molecule has 8 nitrogen and oxygen atoms in total. The molecule has 134 valence electrons. The summed E-state index contributed by atoms with van der Waals surface area (Å²) in [7, 11) is 0. The molecule has 0 spiro atoms. The first kappa shape index (κ1) is 16.4. The van der Waals surface area contributed by atoms with Gasteiger partial charge >= 0.3 is 0 Å². The van der Waals surface area contributed by atoms with Crippen LogP contribution in [0.1, 0.15) is 24.2 Å². The average Bonchev–Trinajstić information content (AvgIpc) is 3.15. The summed E-state index contributed by atoms with van der Waals surface area (Å²) in [6, 6.07) is 7.74. The van der Waals surface area contributed by atoms with E-state index in [0.717, 1.165) is 48.7 Å². The van der Waals surface area contributed by atoms with E-state index in [-0.39, 0.29) is 11.8 Å². The number of aromatic nitrogens is 5. The first-order valence-electron chi connectivity index (χ1n) is 8.81. The molecular weight excluding hydrogens is 330 g/mol. The second-order valence-electron chi connectivity index (χ2n) is 6.57. The van der Waals surface area contributed by atoms with E-state index in [2.05, 4.69) is 30.5 Å². The molecule has 8 heteroatoms. The molecule has 0 unspecified atom stereocenters. The van der Waals surface area contributed by atoms with E-state index in [4.69, 9.17) is 0 Å². The van der Waals surface area contributed by atoms with Gasteiger partial charge in [-0.05, 0) is 38.0 Å². The van der Waals surface area contributed by atoms with Crippen molar-refractivity contribution in [3.05, 3.63) is 48.2 Å². The normalized spacial score (nSPS) is 15.3. The molecule has 3 aromatic rings. The highest BCUT2D eigenvalue weighted by Gasteiger charge is 2.26. The number of anilines is 1. The van der Waals surface area contributed by atoms with Crippen molar-refractivity contribution in [2.24, 2.45) is 5.92 Å². The number of pyridine rings is 1. The van der Waals surface area contributed by atoms with Gasteiger partial charge in [0.1, 0.15) is 6.33 Å². The number of nitrogens with one attached hydrogen (secondary N) is 1. The fraction of sp³-hybridized carbons (Fsp3) is 0.389. The van der Waals surface area contributed by atoms with Gasteiger partial charge in [0, 0.05) is 25.2 Å². The summed E-state index contributed by atoms with van der Waals surface area (Å²) in [6.45, 7) is 4.06. The van der Waals surface area contributed by atoms with Gasteiger partial charge in [-0.1, -0.05) is 6.07 Å². The Kier molecular flexibility index (Phi) is 4.47. The van der Waals surface area contributed by atoms with E-state index in [9.17, 15) is 4.79 Å². The largest absolute Gasteiger partial charge is 0.368 e. The van der Waals surface area contributed by atoms with E-state index < -0.39 is 0 Å². The molecule has 1 fully saturated rings. The summed E-state index contributed by atoms with van der Waals surface area (Å²) in [5.74, 6) is 0.139. The molecule has 1 aliphatic rings. The van der Waals surface area contributed by atoms with Crippen LogP contribution in [0.4, 0.5) is 5.69 Å². The quantitative estimate of drug-likeness (QED) is 0.764. The number of carbonyl (C=O) groups is 1. The molecule has 4 heterocycles. The summed E-state index contributed by atoms with van der Waals surface area (Å²) in [4.78, 5) is 18.9. The number of amides is 1. The molecule has 1 N–H and O–H groups in total. The van der Waals surface area contributed by atoms with Gasteiger partial charge in [-0.25, -0.2) is 0 Å². The van der Waals surface area contributed by atoms with Gasteiger partial charge < -0.3 is 10.2 Å². The van der Waals surface area contributed by atoms with Crippen molar-refractivity contribution in [3.8, 4) is 0 Å². The van der Waals surface area contributed by atoms with Crippen LogP contribution in [0.3, 0.4) is 0 Å². The predicted molar refractivity (Wildman–Crippen MR) is 96.5 cm³/mol. The number of hydrogen-bond donors (Lipinski definition) is 1. The van der Waals surface area contributed by atoms with Crippen LogP contribution in [-0.4, -0.2) is 43.8 Å². The lowest BCUT2D eigenvalue weighted by molar-refractivity contribution is -0.125. The topological polar surface area (TPSA) is 88.3 Å². The van der Waals surface area contributed by atoms with Gasteiger partial charge in [0.15, 0.2) is 0 Å². The van der Waals surface area contributed by atoms with Crippen molar-refractivity contribution >= 4 is 17.2 Å². The highest BCUT2D eigenvalue weighted by Crippen LogP contribution is 2.26. The molecule has 0 aliphatic carbocycles. The Morgan fingerprint density at radius 3 is 2.92 bits per heavy atom. The Bertz CT molecular complexity index is 900. The van der Waals surface area contributed by atoms with Gasteiger partial charge in [-0.3, -0.25) is 9.78 Å². The second-order valence-corrected chi connectivity index (χ2v) is 6.57. The minimum atomic E-state index is 0.0341. The minimum Gasteiger partial charge on any atom is -0.368 e. The molecule has 0 aromatic carbocycles. The van der Waals surface area contributed by atoms with Gasteiger partial charge in [0.2, 0.25) is 11.6 Å². The number of nitrogens with zero attached hydrogens (tertiary/aromatic N) is 6. The van der Waals surface area contributed by atoms with Gasteiger partial charge in [-0.2, -0.15) is 9.61 Å². The first-order chi connectivity index (χ1) is 12.7. The monoisotopic (exact) mass is 351 g/mol. The number of aryl methyl sites for hydroxylation is 1. The molecule has 0 saturated carbocycles. The van der Waals surface area contributed by atoms with Crippen molar-refractivity contribution in [2.45, 2.75) is 26.3 Å². The molecule has 4 rings (SSSR count). The second kappa shape index (κ2) is 7.07. The van der Waals surface area contributed by atoms with Crippen molar-refractivity contribution in [1.29, 1.82) is 0 Å². The summed E-state index contributed by atoms with van der Waals surface area (Å²) < 4.78 is 1.70. The van der Waals surface area contributed by atoms with Crippen LogP contribution in [0.25, 0.3) is 5.65 Å². The van der Waals surface area contributed by atoms with E-state index in [0.29, 0.717) is 6.54 Å². The Balaban J connectivity index is 1.37. The molecule has 1 aliphatic heterocycles. The van der Waals surface area contributed by atoms with Crippen LogP contribution < -0.4 is 10.2 Å². The highest BCUT2D eigenvalue weighted by atomic mass is 16.1.